The molecule has 1 heterocycles. The van der Waals surface area contributed by atoms with Crippen LogP contribution in [0.5, 0.6) is 0 Å². The van der Waals surface area contributed by atoms with Crippen LogP contribution >= 0.6 is 0 Å². The van der Waals surface area contributed by atoms with Gasteiger partial charge in [0.25, 0.3) is 0 Å². The van der Waals surface area contributed by atoms with Crippen LogP contribution in [0.25, 0.3) is 0 Å². The molecule has 0 unspecified atom stereocenters. The first-order valence-electron chi connectivity index (χ1n) is 6.94. The number of nitrogens with zero attached hydrogens (tertiary/aromatic N) is 2. The number of hydrogen-bond donors (Lipinski definition) is 1. The van der Waals surface area contributed by atoms with Gasteiger partial charge in [0, 0.05) is 19.3 Å². The van der Waals surface area contributed by atoms with Crippen LogP contribution in [-0.2, 0) is 6.54 Å². The second-order valence-corrected chi connectivity index (χ2v) is 4.50. The molecule has 0 saturated carbocycles. The Morgan fingerprint density at radius 3 is 2.55 bits per heavy atom. The summed E-state index contributed by atoms with van der Waals surface area (Å²) in [6, 6.07) is 10.7. The summed E-state index contributed by atoms with van der Waals surface area (Å²) in [7, 11) is 0. The maximum Gasteiger partial charge on any atom is 0.146 e. The van der Waals surface area contributed by atoms with Crippen LogP contribution in [0.15, 0.2) is 42.6 Å². The van der Waals surface area contributed by atoms with Gasteiger partial charge in [-0.1, -0.05) is 25.1 Å². The fraction of sp³-hybridized carbons (Fsp3) is 0.312. The maximum absolute atomic E-state index is 13.9. The number of para-hydroxylation sites is 1. The molecule has 4 heteroatoms. The van der Waals surface area contributed by atoms with Crippen molar-refractivity contribution in [3.8, 4) is 0 Å². The third-order valence-electron chi connectivity index (χ3n) is 3.12. The zero-order chi connectivity index (χ0) is 14.4. The fourth-order valence-corrected chi connectivity index (χ4v) is 2.08. The Morgan fingerprint density at radius 2 is 1.95 bits per heavy atom. The van der Waals surface area contributed by atoms with Crippen molar-refractivity contribution >= 4 is 11.5 Å². The summed E-state index contributed by atoms with van der Waals surface area (Å²) in [6.07, 6.45) is 1.83. The lowest BCUT2D eigenvalue weighted by molar-refractivity contribution is 0.625. The van der Waals surface area contributed by atoms with Crippen LogP contribution in [0.3, 0.4) is 0 Å². The Kier molecular flexibility index (Phi) is 5.07. The summed E-state index contributed by atoms with van der Waals surface area (Å²) < 4.78 is 13.9. The van der Waals surface area contributed by atoms with Crippen LogP contribution < -0.4 is 10.2 Å². The molecule has 1 aromatic carbocycles. The molecule has 106 valence electrons. The standard InChI is InChI=1S/C16H20FN3/c1-3-18-11-13-9-10-16(19-12-13)20(4-2)15-8-6-5-7-14(15)17/h5-10,12,18H,3-4,11H2,1-2H3. The molecule has 20 heavy (non-hydrogen) atoms. The van der Waals surface area contributed by atoms with E-state index in [1.54, 1.807) is 12.1 Å². The van der Waals surface area contributed by atoms with Gasteiger partial charge in [0.15, 0.2) is 0 Å². The van der Waals surface area contributed by atoms with Gasteiger partial charge in [-0.2, -0.15) is 0 Å². The van der Waals surface area contributed by atoms with Crippen molar-refractivity contribution in [3.63, 3.8) is 0 Å². The molecular formula is C16H20FN3. The van der Waals surface area contributed by atoms with E-state index in [9.17, 15) is 4.39 Å². The molecule has 0 fully saturated rings. The van der Waals surface area contributed by atoms with Crippen LogP contribution in [0.2, 0.25) is 0 Å². The van der Waals surface area contributed by atoms with Gasteiger partial charge in [-0.05, 0) is 37.2 Å². The summed E-state index contributed by atoms with van der Waals surface area (Å²) in [5.74, 6) is 0.533. The molecule has 2 rings (SSSR count). The highest BCUT2D eigenvalue weighted by Crippen LogP contribution is 2.25. The normalized spacial score (nSPS) is 10.6. The van der Waals surface area contributed by atoms with E-state index in [0.717, 1.165) is 24.5 Å². The summed E-state index contributed by atoms with van der Waals surface area (Å²) in [5.41, 5.74) is 1.68. The Balaban J connectivity index is 2.22. The Morgan fingerprint density at radius 1 is 1.15 bits per heavy atom. The van der Waals surface area contributed by atoms with Crippen molar-refractivity contribution in [2.45, 2.75) is 20.4 Å². The monoisotopic (exact) mass is 273 g/mol. The quantitative estimate of drug-likeness (QED) is 0.873. The molecule has 0 amide bonds. The average Bonchev–Trinajstić information content (AvgIpc) is 2.49. The number of halogens is 1. The SMILES string of the molecule is CCNCc1ccc(N(CC)c2ccccc2F)nc1. The Labute approximate surface area is 119 Å². The fourth-order valence-electron chi connectivity index (χ4n) is 2.08. The topological polar surface area (TPSA) is 28.2 Å². The van der Waals surface area contributed by atoms with Crippen molar-refractivity contribution in [2.75, 3.05) is 18.0 Å². The van der Waals surface area contributed by atoms with Crippen molar-refractivity contribution in [3.05, 3.63) is 54.0 Å². The van der Waals surface area contributed by atoms with E-state index in [-0.39, 0.29) is 5.82 Å². The third kappa shape index (κ3) is 3.33. The van der Waals surface area contributed by atoms with Crippen LogP contribution in [0.1, 0.15) is 19.4 Å². The molecule has 0 aliphatic heterocycles. The molecule has 2 aromatic rings. The molecule has 0 aliphatic rings. The second kappa shape index (κ2) is 7.01. The first-order chi connectivity index (χ1) is 9.76. The van der Waals surface area contributed by atoms with E-state index in [1.807, 2.05) is 36.2 Å². The lowest BCUT2D eigenvalue weighted by atomic mass is 10.2. The number of pyridine rings is 1. The molecule has 0 saturated heterocycles. The zero-order valence-electron chi connectivity index (χ0n) is 11.9. The molecule has 0 spiro atoms. The maximum atomic E-state index is 13.9. The van der Waals surface area contributed by atoms with Crippen LogP contribution in [0.4, 0.5) is 15.9 Å². The van der Waals surface area contributed by atoms with Gasteiger partial charge < -0.3 is 10.2 Å². The number of rotatable bonds is 6. The largest absolute Gasteiger partial charge is 0.324 e. The molecule has 0 atom stereocenters. The second-order valence-electron chi connectivity index (χ2n) is 4.50. The highest BCUT2D eigenvalue weighted by atomic mass is 19.1. The molecule has 0 aliphatic carbocycles. The number of aromatic nitrogens is 1. The van der Waals surface area contributed by atoms with E-state index >= 15 is 0 Å². The molecule has 3 nitrogen and oxygen atoms in total. The van der Waals surface area contributed by atoms with E-state index in [0.29, 0.717) is 12.2 Å². The van der Waals surface area contributed by atoms with Crippen LogP contribution in [0, 0.1) is 5.82 Å². The number of nitrogens with one attached hydrogen (secondary N) is 1. The van der Waals surface area contributed by atoms with Crippen molar-refractivity contribution < 1.29 is 4.39 Å². The predicted octanol–water partition coefficient (Wildman–Crippen LogP) is 3.49. The molecule has 1 aromatic heterocycles. The van der Waals surface area contributed by atoms with Crippen molar-refractivity contribution in [2.24, 2.45) is 0 Å². The van der Waals surface area contributed by atoms with E-state index in [1.165, 1.54) is 6.07 Å². The first kappa shape index (κ1) is 14.5. The van der Waals surface area contributed by atoms with E-state index in [4.69, 9.17) is 0 Å². The Bertz CT molecular complexity index is 540. The minimum atomic E-state index is -0.229. The highest BCUT2D eigenvalue weighted by Gasteiger charge is 2.12. The lowest BCUT2D eigenvalue weighted by Gasteiger charge is -2.22. The molecular weight excluding hydrogens is 253 g/mol. The number of benzene rings is 1. The van der Waals surface area contributed by atoms with E-state index in [2.05, 4.69) is 17.2 Å². The predicted molar refractivity (Wildman–Crippen MR) is 80.7 cm³/mol. The number of hydrogen-bond acceptors (Lipinski definition) is 3. The summed E-state index contributed by atoms with van der Waals surface area (Å²) in [6.45, 7) is 6.45. The summed E-state index contributed by atoms with van der Waals surface area (Å²) >= 11 is 0. The van der Waals surface area contributed by atoms with E-state index < -0.39 is 0 Å². The summed E-state index contributed by atoms with van der Waals surface area (Å²) in [4.78, 5) is 6.31. The Hall–Kier alpha value is -1.94. The number of anilines is 2. The van der Waals surface area contributed by atoms with Gasteiger partial charge in [0.1, 0.15) is 11.6 Å². The minimum absolute atomic E-state index is 0.229. The third-order valence-corrected chi connectivity index (χ3v) is 3.12. The van der Waals surface area contributed by atoms with Gasteiger partial charge in [0.05, 0.1) is 5.69 Å². The molecule has 1 N–H and O–H groups in total. The van der Waals surface area contributed by atoms with Gasteiger partial charge in [-0.3, -0.25) is 0 Å². The lowest BCUT2D eigenvalue weighted by Crippen LogP contribution is -2.19. The first-order valence-corrected chi connectivity index (χ1v) is 6.94. The average molecular weight is 273 g/mol. The van der Waals surface area contributed by atoms with Crippen molar-refractivity contribution in [1.82, 2.24) is 10.3 Å². The van der Waals surface area contributed by atoms with Crippen LogP contribution in [-0.4, -0.2) is 18.1 Å². The molecule has 0 bridgehead atoms. The zero-order valence-corrected chi connectivity index (χ0v) is 11.9. The molecule has 0 radical (unpaired) electrons. The van der Waals surface area contributed by atoms with Gasteiger partial charge in [0.2, 0.25) is 0 Å². The highest BCUT2D eigenvalue weighted by molar-refractivity contribution is 5.60. The van der Waals surface area contributed by atoms with Gasteiger partial charge >= 0.3 is 0 Å². The summed E-state index contributed by atoms with van der Waals surface area (Å²) in [5, 5.41) is 3.25. The van der Waals surface area contributed by atoms with Crippen molar-refractivity contribution in [1.29, 1.82) is 0 Å². The smallest absolute Gasteiger partial charge is 0.146 e. The minimum Gasteiger partial charge on any atom is -0.324 e. The van der Waals surface area contributed by atoms with Gasteiger partial charge in [-0.25, -0.2) is 9.37 Å². The van der Waals surface area contributed by atoms with Gasteiger partial charge in [-0.15, -0.1) is 0 Å².